The summed E-state index contributed by atoms with van der Waals surface area (Å²) in [6.07, 6.45) is 10.1. The van der Waals surface area contributed by atoms with Gasteiger partial charge in [0.1, 0.15) is 6.33 Å². The second-order valence-electron chi connectivity index (χ2n) is 6.57. The minimum atomic E-state index is 0.279. The van der Waals surface area contributed by atoms with Crippen molar-refractivity contribution in [1.82, 2.24) is 19.9 Å². The van der Waals surface area contributed by atoms with Crippen LogP contribution in [0.25, 0.3) is 0 Å². The summed E-state index contributed by atoms with van der Waals surface area (Å²) >= 11 is 0. The predicted octanol–water partition coefficient (Wildman–Crippen LogP) is 2.66. The fourth-order valence-corrected chi connectivity index (χ4v) is 3.26. The molecule has 128 valence electrons. The molecule has 3 heterocycles. The van der Waals surface area contributed by atoms with E-state index in [2.05, 4.69) is 46.0 Å². The third-order valence-electron chi connectivity index (χ3n) is 4.47. The van der Waals surface area contributed by atoms with Crippen molar-refractivity contribution in [2.45, 2.75) is 51.4 Å². The van der Waals surface area contributed by atoms with Gasteiger partial charge < -0.3 is 4.74 Å². The second-order valence-corrected chi connectivity index (χ2v) is 6.57. The van der Waals surface area contributed by atoms with Crippen LogP contribution in [0, 0.1) is 0 Å². The molecule has 1 aliphatic rings. The molecule has 5 nitrogen and oxygen atoms in total. The molecular weight excluding hydrogens is 300 g/mol. The van der Waals surface area contributed by atoms with E-state index in [1.165, 1.54) is 5.56 Å². The Morgan fingerprint density at radius 2 is 2.04 bits per heavy atom. The summed E-state index contributed by atoms with van der Waals surface area (Å²) < 4.78 is 6.23. The molecule has 24 heavy (non-hydrogen) atoms. The number of rotatable bonds is 7. The van der Waals surface area contributed by atoms with Gasteiger partial charge in [-0.15, -0.1) is 0 Å². The molecule has 0 saturated carbocycles. The Hall–Kier alpha value is -1.85. The largest absolute Gasteiger partial charge is 0.373 e. The highest BCUT2D eigenvalue weighted by Gasteiger charge is 2.26. The Bertz CT molecular complexity index is 634. The molecule has 3 rings (SSSR count). The van der Waals surface area contributed by atoms with Crippen molar-refractivity contribution in [2.24, 2.45) is 0 Å². The normalized spacial score (nSPS) is 20.6. The van der Waals surface area contributed by atoms with Crippen molar-refractivity contribution in [3.63, 3.8) is 0 Å². The number of hydrogen-bond donors (Lipinski definition) is 0. The SMILES string of the molecule is CCc1cc(C[C@@H]2CC[C@H](CN(C)Cc3cccnc3)O2)ncn1. The third kappa shape index (κ3) is 4.82. The van der Waals surface area contributed by atoms with E-state index in [-0.39, 0.29) is 6.10 Å². The number of aromatic nitrogens is 3. The van der Waals surface area contributed by atoms with Gasteiger partial charge in [0.2, 0.25) is 0 Å². The fourth-order valence-electron chi connectivity index (χ4n) is 3.26. The summed E-state index contributed by atoms with van der Waals surface area (Å²) in [6, 6.07) is 6.20. The van der Waals surface area contributed by atoms with E-state index in [9.17, 15) is 0 Å². The number of ether oxygens (including phenoxy) is 1. The number of nitrogens with zero attached hydrogens (tertiary/aromatic N) is 4. The molecule has 0 aliphatic carbocycles. The average Bonchev–Trinajstić information content (AvgIpc) is 3.02. The molecule has 1 saturated heterocycles. The van der Waals surface area contributed by atoms with Gasteiger partial charge >= 0.3 is 0 Å². The lowest BCUT2D eigenvalue weighted by Gasteiger charge is -2.21. The number of likely N-dealkylation sites (N-methyl/N-ethyl adjacent to an activating group) is 1. The highest BCUT2D eigenvalue weighted by molar-refractivity contribution is 5.10. The van der Waals surface area contributed by atoms with Gasteiger partial charge in [-0.25, -0.2) is 9.97 Å². The first kappa shape index (κ1) is 17.0. The molecule has 2 aromatic heterocycles. The van der Waals surface area contributed by atoms with Crippen molar-refractivity contribution >= 4 is 0 Å². The predicted molar refractivity (Wildman–Crippen MR) is 93.6 cm³/mol. The van der Waals surface area contributed by atoms with Crippen molar-refractivity contribution in [2.75, 3.05) is 13.6 Å². The van der Waals surface area contributed by atoms with Crippen LogP contribution in [-0.2, 0) is 24.1 Å². The Kier molecular flexibility index (Phi) is 5.88. The van der Waals surface area contributed by atoms with Crippen LogP contribution in [-0.4, -0.2) is 45.7 Å². The zero-order valence-corrected chi connectivity index (χ0v) is 14.6. The van der Waals surface area contributed by atoms with Gasteiger partial charge in [0.25, 0.3) is 0 Å². The van der Waals surface area contributed by atoms with Gasteiger partial charge in [0.15, 0.2) is 0 Å². The quantitative estimate of drug-likeness (QED) is 0.783. The first-order valence-electron chi connectivity index (χ1n) is 8.75. The second kappa shape index (κ2) is 8.31. The summed E-state index contributed by atoms with van der Waals surface area (Å²) in [5, 5.41) is 0. The highest BCUT2D eigenvalue weighted by atomic mass is 16.5. The van der Waals surface area contributed by atoms with Gasteiger partial charge in [0, 0.05) is 43.3 Å². The Morgan fingerprint density at radius 1 is 1.21 bits per heavy atom. The van der Waals surface area contributed by atoms with Crippen molar-refractivity contribution < 1.29 is 4.74 Å². The summed E-state index contributed by atoms with van der Waals surface area (Å²) in [5.41, 5.74) is 3.43. The van der Waals surface area contributed by atoms with E-state index in [0.29, 0.717) is 6.10 Å². The lowest BCUT2D eigenvalue weighted by molar-refractivity contribution is 0.0262. The fraction of sp³-hybridized carbons (Fsp3) is 0.526. The first-order chi connectivity index (χ1) is 11.7. The van der Waals surface area contributed by atoms with Crippen LogP contribution in [0.2, 0.25) is 0 Å². The van der Waals surface area contributed by atoms with Crippen LogP contribution < -0.4 is 0 Å². The zero-order chi connectivity index (χ0) is 16.8. The minimum Gasteiger partial charge on any atom is -0.373 e. The van der Waals surface area contributed by atoms with Gasteiger partial charge in [-0.2, -0.15) is 0 Å². The maximum atomic E-state index is 6.23. The van der Waals surface area contributed by atoms with Gasteiger partial charge in [-0.05, 0) is 44.0 Å². The zero-order valence-electron chi connectivity index (χ0n) is 14.6. The van der Waals surface area contributed by atoms with Gasteiger partial charge in [-0.3, -0.25) is 9.88 Å². The van der Waals surface area contributed by atoms with E-state index in [0.717, 1.165) is 50.2 Å². The molecule has 0 unspecified atom stereocenters. The summed E-state index contributed by atoms with van der Waals surface area (Å²) in [4.78, 5) is 15.1. The summed E-state index contributed by atoms with van der Waals surface area (Å²) in [5.74, 6) is 0. The lowest BCUT2D eigenvalue weighted by atomic mass is 10.1. The molecule has 0 N–H and O–H groups in total. The van der Waals surface area contributed by atoms with E-state index in [4.69, 9.17) is 4.74 Å². The van der Waals surface area contributed by atoms with Gasteiger partial charge in [0.05, 0.1) is 12.2 Å². The maximum Gasteiger partial charge on any atom is 0.115 e. The third-order valence-corrected chi connectivity index (χ3v) is 4.47. The first-order valence-corrected chi connectivity index (χ1v) is 8.75. The molecule has 0 aromatic carbocycles. The van der Waals surface area contributed by atoms with E-state index in [1.54, 1.807) is 6.33 Å². The minimum absolute atomic E-state index is 0.279. The van der Waals surface area contributed by atoms with Crippen LogP contribution in [0.3, 0.4) is 0 Å². The van der Waals surface area contributed by atoms with Crippen LogP contribution in [0.5, 0.6) is 0 Å². The Balaban J connectivity index is 1.46. The number of aryl methyl sites for hydroxylation is 1. The molecule has 5 heteroatoms. The summed E-state index contributed by atoms with van der Waals surface area (Å²) in [6.45, 7) is 3.98. The van der Waals surface area contributed by atoms with Crippen molar-refractivity contribution in [3.8, 4) is 0 Å². The molecular formula is C19H26N4O. The van der Waals surface area contributed by atoms with Crippen LogP contribution >= 0.6 is 0 Å². The Labute approximate surface area is 144 Å². The molecule has 1 aliphatic heterocycles. The highest BCUT2D eigenvalue weighted by Crippen LogP contribution is 2.23. The molecule has 0 amide bonds. The van der Waals surface area contributed by atoms with Gasteiger partial charge in [-0.1, -0.05) is 13.0 Å². The van der Waals surface area contributed by atoms with E-state index < -0.39 is 0 Å². The lowest BCUT2D eigenvalue weighted by Crippen LogP contribution is -2.29. The number of hydrogen-bond acceptors (Lipinski definition) is 5. The Morgan fingerprint density at radius 3 is 2.83 bits per heavy atom. The summed E-state index contributed by atoms with van der Waals surface area (Å²) in [7, 11) is 2.14. The van der Waals surface area contributed by atoms with Crippen LogP contribution in [0.15, 0.2) is 36.9 Å². The molecule has 2 atom stereocenters. The molecule has 0 bridgehead atoms. The molecule has 0 spiro atoms. The number of pyridine rings is 1. The van der Waals surface area contributed by atoms with Crippen molar-refractivity contribution in [3.05, 3.63) is 53.9 Å². The monoisotopic (exact) mass is 326 g/mol. The average molecular weight is 326 g/mol. The van der Waals surface area contributed by atoms with Crippen LogP contribution in [0.4, 0.5) is 0 Å². The smallest absolute Gasteiger partial charge is 0.115 e. The standard InChI is InChI=1S/C19H26N4O/c1-3-16-9-17(22-14-21-16)10-18-6-7-19(24-18)13-23(2)12-15-5-4-8-20-11-15/h4-5,8-9,11,14,18-19H,3,6-7,10,12-13H2,1-2H3/t18-,19+/m0/s1. The van der Waals surface area contributed by atoms with E-state index >= 15 is 0 Å². The van der Waals surface area contributed by atoms with E-state index in [1.807, 2.05) is 18.5 Å². The topological polar surface area (TPSA) is 51.1 Å². The van der Waals surface area contributed by atoms with Crippen molar-refractivity contribution in [1.29, 1.82) is 0 Å². The molecule has 0 radical (unpaired) electrons. The molecule has 1 fully saturated rings. The van der Waals surface area contributed by atoms with Crippen LogP contribution in [0.1, 0.15) is 36.7 Å². The molecule has 2 aromatic rings. The maximum absolute atomic E-state index is 6.23.